The van der Waals surface area contributed by atoms with Gasteiger partial charge < -0.3 is 14.6 Å². The van der Waals surface area contributed by atoms with Crippen molar-refractivity contribution in [2.75, 3.05) is 6.61 Å². The second kappa shape index (κ2) is 4.72. The molecule has 0 amide bonds. The Kier molecular flexibility index (Phi) is 3.85. The summed E-state index contributed by atoms with van der Waals surface area (Å²) in [6, 6.07) is 0. The van der Waals surface area contributed by atoms with Crippen LogP contribution < -0.4 is 9.84 Å². The van der Waals surface area contributed by atoms with Crippen LogP contribution in [-0.2, 0) is 4.79 Å². The maximum Gasteiger partial charge on any atom is 0.466 e. The maximum atomic E-state index is 12.5. The second-order valence-corrected chi connectivity index (χ2v) is 5.22. The molecule has 0 saturated heterocycles. The van der Waals surface area contributed by atoms with Gasteiger partial charge in [0.2, 0.25) is 0 Å². The second-order valence-electron chi connectivity index (χ2n) is 1.97. The van der Waals surface area contributed by atoms with Crippen LogP contribution in [0, 0.1) is 6.08 Å². The minimum absolute atomic E-state index is 0.235. The van der Waals surface area contributed by atoms with Gasteiger partial charge in [0, 0.05) is 4.37 Å². The first-order valence-electron chi connectivity index (χ1n) is 3.17. The van der Waals surface area contributed by atoms with E-state index in [1.54, 1.807) is 0 Å². The van der Waals surface area contributed by atoms with Crippen molar-refractivity contribution in [1.82, 2.24) is 9.36 Å². The average molecular weight is 261 g/mol. The number of halogens is 3. The van der Waals surface area contributed by atoms with E-state index in [0.29, 0.717) is 0 Å². The number of alkyl halides is 2. The lowest BCUT2D eigenvalue weighted by molar-refractivity contribution is -0.307. The summed E-state index contributed by atoms with van der Waals surface area (Å²) in [5.74, 6) is -1.45. The third-order valence-corrected chi connectivity index (χ3v) is 3.28. The molecule has 0 aliphatic carbocycles. The van der Waals surface area contributed by atoms with Crippen molar-refractivity contribution >= 4 is 39.8 Å². The summed E-state index contributed by atoms with van der Waals surface area (Å²) in [6.45, 7) is -0.744. The van der Waals surface area contributed by atoms with Crippen LogP contribution in [0.4, 0.5) is 4.39 Å². The maximum absolute atomic E-state index is 12.5. The van der Waals surface area contributed by atoms with Gasteiger partial charge in [-0.25, -0.2) is 0 Å². The van der Waals surface area contributed by atoms with Gasteiger partial charge in [0.1, 0.15) is 6.61 Å². The van der Waals surface area contributed by atoms with Gasteiger partial charge in [-0.2, -0.15) is 4.39 Å². The van der Waals surface area contributed by atoms with Crippen molar-refractivity contribution in [3.8, 4) is 5.19 Å². The fourth-order valence-corrected chi connectivity index (χ4v) is 2.15. The first kappa shape index (κ1) is 11.4. The van der Waals surface area contributed by atoms with Crippen LogP contribution in [-0.4, -0.2) is 21.9 Å². The zero-order valence-corrected chi connectivity index (χ0v) is 8.77. The number of carboxylic acids is 1. The summed E-state index contributed by atoms with van der Waals surface area (Å²) in [7, 11) is -1.28. The molecule has 1 atom stereocenters. The predicted octanol–water partition coefficient (Wildman–Crippen LogP) is 0.427. The average Bonchev–Trinajstić information content (AvgIpc) is 2.43. The summed E-state index contributed by atoms with van der Waals surface area (Å²) in [4.78, 5) is 13.2. The topological polar surface area (TPSA) is 75.1 Å². The molecule has 1 aromatic rings. The number of ether oxygens (including phenoxy) is 1. The van der Waals surface area contributed by atoms with Gasteiger partial charge in [-0.15, -0.1) is 4.98 Å². The van der Waals surface area contributed by atoms with Crippen molar-refractivity contribution in [3.63, 3.8) is 0 Å². The number of aliphatic carboxylic acids is 1. The van der Waals surface area contributed by atoms with Crippen molar-refractivity contribution in [2.45, 2.75) is 4.17 Å². The van der Waals surface area contributed by atoms with Crippen molar-refractivity contribution in [2.24, 2.45) is 0 Å². The lowest BCUT2D eigenvalue weighted by Gasteiger charge is -1.99. The first-order chi connectivity index (χ1) is 6.50. The normalized spacial score (nSPS) is 11.9. The Morgan fingerprint density at radius 1 is 1.71 bits per heavy atom. The van der Waals surface area contributed by atoms with Gasteiger partial charge in [0.05, 0.1) is 5.97 Å². The highest BCUT2D eigenvalue weighted by Gasteiger charge is 2.30. The number of rotatable bonds is 4. The number of aromatic nitrogens is 2. The number of hydrogen-bond acceptors (Lipinski definition) is 5. The molecule has 0 fully saturated rings. The summed E-state index contributed by atoms with van der Waals surface area (Å²) in [6.07, 6.45) is -1.03. The van der Waals surface area contributed by atoms with Gasteiger partial charge in [-0.05, 0) is 23.2 Å². The molecule has 0 saturated carbocycles. The summed E-state index contributed by atoms with van der Waals surface area (Å²) in [5, 5.41) is 9.79. The number of carbonyl (C=O) groups is 1. The molecule has 0 N–H and O–H groups in total. The van der Waals surface area contributed by atoms with E-state index in [1.165, 1.54) is 0 Å². The molecule has 0 aliphatic rings. The molecule has 1 unspecified atom stereocenters. The summed E-state index contributed by atoms with van der Waals surface area (Å²) >= 11 is 10.9. The highest BCUT2D eigenvalue weighted by Crippen LogP contribution is 2.42. The van der Waals surface area contributed by atoms with Crippen molar-refractivity contribution in [1.29, 1.82) is 0 Å². The molecule has 1 rings (SSSR count). The van der Waals surface area contributed by atoms with Gasteiger partial charge in [0.15, 0.2) is 10.7 Å². The molecule has 1 aromatic heterocycles. The van der Waals surface area contributed by atoms with E-state index in [1.807, 2.05) is 0 Å². The molecule has 0 bridgehead atoms. The predicted molar refractivity (Wildman–Crippen MR) is 45.7 cm³/mol. The van der Waals surface area contributed by atoms with Gasteiger partial charge >= 0.3 is 15.4 Å². The number of hydrogen-bond donors (Lipinski definition) is 0. The van der Waals surface area contributed by atoms with Crippen LogP contribution >= 0.6 is 33.9 Å². The minimum atomic E-state index is -1.45. The zero-order chi connectivity index (χ0) is 10.7. The smallest absolute Gasteiger partial charge is 0.466 e. The Morgan fingerprint density at radius 3 is 2.86 bits per heavy atom. The van der Waals surface area contributed by atoms with Crippen molar-refractivity contribution < 1.29 is 19.0 Å². The van der Waals surface area contributed by atoms with Gasteiger partial charge in [-0.3, -0.25) is 0 Å². The third-order valence-electron chi connectivity index (χ3n) is 1.02. The highest BCUT2D eigenvalue weighted by atomic mass is 35.5. The number of carbonyl (C=O) groups excluding carboxylic acids is 1. The monoisotopic (exact) mass is 260 g/mol. The van der Waals surface area contributed by atoms with Crippen LogP contribution in [0.2, 0.25) is 0 Å². The lowest BCUT2D eigenvalue weighted by atomic mass is 10.7. The molecule has 0 radical (unpaired) electrons. The van der Waals surface area contributed by atoms with E-state index in [4.69, 9.17) is 23.2 Å². The largest absolute Gasteiger partial charge is 0.546 e. The van der Waals surface area contributed by atoms with Gasteiger partial charge in [0.25, 0.3) is 0 Å². The van der Waals surface area contributed by atoms with Crippen LogP contribution in [0.5, 0.6) is 5.19 Å². The van der Waals surface area contributed by atoms with E-state index in [9.17, 15) is 14.3 Å². The number of nitrogens with zero attached hydrogens (tertiary/aromatic N) is 2. The zero-order valence-electron chi connectivity index (χ0n) is 6.45. The van der Waals surface area contributed by atoms with E-state index in [-0.39, 0.29) is 5.19 Å². The third kappa shape index (κ3) is 2.93. The molecular formula is C5H3Cl2FN2O3S. The Morgan fingerprint density at radius 2 is 2.36 bits per heavy atom. The van der Waals surface area contributed by atoms with Crippen LogP contribution in [0.25, 0.3) is 0 Å². The minimum Gasteiger partial charge on any atom is -0.546 e. The molecular weight excluding hydrogens is 258 g/mol. The van der Waals surface area contributed by atoms with Crippen molar-refractivity contribution in [3.05, 3.63) is 6.08 Å². The Hall–Kier alpha value is -0.660. The van der Waals surface area contributed by atoms with E-state index in [2.05, 4.69) is 14.1 Å². The number of carboxylic acid groups (broad SMARTS) is 1. The standard InChI is InChI=1S/C5H3Cl2FN2O3S/c6-3(7)14-5(9-4(8)10-14)13-1-2(11)12/h3H,1H2. The van der Waals surface area contributed by atoms with Crippen LogP contribution in [0.15, 0.2) is 0 Å². The molecule has 0 aromatic carbocycles. The van der Waals surface area contributed by atoms with Crippen LogP contribution in [0.1, 0.15) is 4.17 Å². The molecule has 0 aliphatic heterocycles. The molecule has 5 nitrogen and oxygen atoms in total. The fourth-order valence-electron chi connectivity index (χ4n) is 0.592. The van der Waals surface area contributed by atoms with Gasteiger partial charge in [-0.1, -0.05) is 0 Å². The lowest BCUT2D eigenvalue weighted by Crippen LogP contribution is -2.29. The van der Waals surface area contributed by atoms with E-state index in [0.717, 1.165) is 0 Å². The Bertz CT molecular complexity index is 346. The highest BCUT2D eigenvalue weighted by molar-refractivity contribution is 7.33. The summed E-state index contributed by atoms with van der Waals surface area (Å²) in [5.41, 5.74) is 0. The van der Waals surface area contributed by atoms with E-state index >= 15 is 0 Å². The molecule has 1 heterocycles. The summed E-state index contributed by atoms with van der Waals surface area (Å²) < 4.78 is 19.4. The molecule has 78 valence electrons. The molecule has 9 heteroatoms. The Balaban J connectivity index is 2.79. The van der Waals surface area contributed by atoms with Crippen LogP contribution in [0.3, 0.4) is 0 Å². The molecule has 14 heavy (non-hydrogen) atoms. The SMILES string of the molecule is O=C([O-])COc1nc(F)n[s+]1C(Cl)Cl. The van der Waals surface area contributed by atoms with E-state index < -0.39 is 33.5 Å². The Labute approximate surface area is 90.6 Å². The quantitative estimate of drug-likeness (QED) is 0.580. The fraction of sp³-hybridized carbons (Fsp3) is 0.400. The molecule has 0 spiro atoms. The first-order valence-corrected chi connectivity index (χ1v) is 5.29.